The van der Waals surface area contributed by atoms with Crippen molar-refractivity contribution in [1.82, 2.24) is 10.6 Å². The van der Waals surface area contributed by atoms with Gasteiger partial charge in [0.2, 0.25) is 0 Å². The van der Waals surface area contributed by atoms with Crippen LogP contribution in [0.5, 0.6) is 0 Å². The molecule has 2 heterocycles. The van der Waals surface area contributed by atoms with Gasteiger partial charge < -0.3 is 20.1 Å². The Hall–Kier alpha value is -1.93. The SMILES string of the molecule is CC(=O)OCC1NC(=S)NC(C)=C1C(=O)OCCCCc1ccsc1. The lowest BCUT2D eigenvalue weighted by atomic mass is 10.0. The summed E-state index contributed by atoms with van der Waals surface area (Å²) in [5.74, 6) is -0.835. The first-order valence-electron chi connectivity index (χ1n) is 8.07. The van der Waals surface area contributed by atoms with Gasteiger partial charge in [0.25, 0.3) is 0 Å². The normalized spacial score (nSPS) is 16.9. The van der Waals surface area contributed by atoms with Gasteiger partial charge in [-0.1, -0.05) is 0 Å². The summed E-state index contributed by atoms with van der Waals surface area (Å²) in [4.78, 5) is 23.5. The molecule has 0 fully saturated rings. The number of thiophene rings is 1. The van der Waals surface area contributed by atoms with E-state index in [1.807, 2.05) is 0 Å². The van der Waals surface area contributed by atoms with Crippen LogP contribution in [0.2, 0.25) is 0 Å². The van der Waals surface area contributed by atoms with Crippen molar-refractivity contribution >= 4 is 40.6 Å². The van der Waals surface area contributed by atoms with Crippen molar-refractivity contribution in [3.63, 3.8) is 0 Å². The predicted octanol–water partition coefficient (Wildman–Crippen LogP) is 2.30. The molecule has 2 N–H and O–H groups in total. The Bertz CT molecular complexity index is 656. The molecule has 0 aliphatic carbocycles. The smallest absolute Gasteiger partial charge is 0.338 e. The molecule has 25 heavy (non-hydrogen) atoms. The van der Waals surface area contributed by atoms with Gasteiger partial charge in [-0.15, -0.1) is 0 Å². The second-order valence-corrected chi connectivity index (χ2v) is 6.91. The summed E-state index contributed by atoms with van der Waals surface area (Å²) in [7, 11) is 0. The van der Waals surface area contributed by atoms with Crippen molar-refractivity contribution in [2.45, 2.75) is 39.2 Å². The lowest BCUT2D eigenvalue weighted by molar-refractivity contribution is -0.144. The number of rotatable bonds is 8. The molecule has 0 bridgehead atoms. The zero-order valence-electron chi connectivity index (χ0n) is 14.3. The van der Waals surface area contributed by atoms with E-state index in [1.165, 1.54) is 12.5 Å². The van der Waals surface area contributed by atoms with Crippen LogP contribution in [0.4, 0.5) is 0 Å². The molecule has 1 unspecified atom stereocenters. The number of esters is 2. The quantitative estimate of drug-likeness (QED) is 0.406. The lowest BCUT2D eigenvalue weighted by Gasteiger charge is -2.29. The van der Waals surface area contributed by atoms with Crippen LogP contribution >= 0.6 is 23.6 Å². The van der Waals surface area contributed by atoms with Crippen LogP contribution in [0.15, 0.2) is 28.1 Å². The van der Waals surface area contributed by atoms with Crippen molar-refractivity contribution < 1.29 is 19.1 Å². The number of thiocarbonyl (C=S) groups is 1. The minimum atomic E-state index is -0.504. The fourth-order valence-electron chi connectivity index (χ4n) is 2.50. The molecule has 0 saturated heterocycles. The Morgan fingerprint density at radius 3 is 2.80 bits per heavy atom. The summed E-state index contributed by atoms with van der Waals surface area (Å²) in [5.41, 5.74) is 2.34. The molecule has 0 saturated carbocycles. The zero-order valence-corrected chi connectivity index (χ0v) is 15.9. The molecule has 0 spiro atoms. The van der Waals surface area contributed by atoms with E-state index in [0.717, 1.165) is 19.3 Å². The molecule has 1 aliphatic heterocycles. The fourth-order valence-corrected chi connectivity index (χ4v) is 3.49. The third kappa shape index (κ3) is 6.13. The second-order valence-electron chi connectivity index (χ2n) is 5.72. The average Bonchev–Trinajstić information content (AvgIpc) is 3.05. The summed E-state index contributed by atoms with van der Waals surface area (Å²) >= 11 is 6.77. The molecule has 0 aromatic carbocycles. The van der Waals surface area contributed by atoms with Gasteiger partial charge in [0.15, 0.2) is 5.11 Å². The Morgan fingerprint density at radius 2 is 2.12 bits per heavy atom. The molecule has 6 nitrogen and oxygen atoms in total. The van der Waals surface area contributed by atoms with Crippen LogP contribution in [-0.2, 0) is 25.5 Å². The number of hydrogen-bond acceptors (Lipinski definition) is 6. The van der Waals surface area contributed by atoms with Crippen molar-refractivity contribution in [3.8, 4) is 0 Å². The van der Waals surface area contributed by atoms with Gasteiger partial charge >= 0.3 is 11.9 Å². The summed E-state index contributed by atoms with van der Waals surface area (Å²) in [6.45, 7) is 3.45. The molecule has 1 aromatic rings. The van der Waals surface area contributed by atoms with Crippen LogP contribution in [0.1, 0.15) is 32.3 Å². The fraction of sp³-hybridized carbons (Fsp3) is 0.471. The summed E-state index contributed by atoms with van der Waals surface area (Å²) in [6, 6.07) is 1.60. The number of hydrogen-bond donors (Lipinski definition) is 2. The highest BCUT2D eigenvalue weighted by molar-refractivity contribution is 7.80. The highest BCUT2D eigenvalue weighted by Crippen LogP contribution is 2.15. The molecule has 136 valence electrons. The van der Waals surface area contributed by atoms with E-state index < -0.39 is 18.0 Å². The third-order valence-electron chi connectivity index (χ3n) is 3.71. The van der Waals surface area contributed by atoms with Gasteiger partial charge in [0.05, 0.1) is 18.2 Å². The van der Waals surface area contributed by atoms with Crippen molar-refractivity contribution in [3.05, 3.63) is 33.7 Å². The number of allylic oxidation sites excluding steroid dienone is 1. The number of ether oxygens (including phenoxy) is 2. The van der Waals surface area contributed by atoms with E-state index in [1.54, 1.807) is 18.3 Å². The van der Waals surface area contributed by atoms with Gasteiger partial charge in [0, 0.05) is 12.6 Å². The largest absolute Gasteiger partial charge is 0.463 e. The number of nitrogens with one attached hydrogen (secondary N) is 2. The van der Waals surface area contributed by atoms with Gasteiger partial charge in [-0.3, -0.25) is 4.79 Å². The average molecular weight is 383 g/mol. The molecule has 0 radical (unpaired) electrons. The van der Waals surface area contributed by atoms with Gasteiger partial charge in [0.1, 0.15) is 6.61 Å². The van der Waals surface area contributed by atoms with E-state index in [9.17, 15) is 9.59 Å². The van der Waals surface area contributed by atoms with Gasteiger partial charge in [-0.25, -0.2) is 4.79 Å². The molecule has 1 aliphatic rings. The van der Waals surface area contributed by atoms with Crippen LogP contribution < -0.4 is 10.6 Å². The van der Waals surface area contributed by atoms with Gasteiger partial charge in [-0.05, 0) is 60.8 Å². The van der Waals surface area contributed by atoms with Gasteiger partial charge in [-0.2, -0.15) is 11.3 Å². The summed E-state index contributed by atoms with van der Waals surface area (Å²) in [5, 5.41) is 10.4. The third-order valence-corrected chi connectivity index (χ3v) is 4.66. The highest BCUT2D eigenvalue weighted by Gasteiger charge is 2.30. The zero-order chi connectivity index (χ0) is 18.2. The van der Waals surface area contributed by atoms with Crippen LogP contribution in [0, 0.1) is 0 Å². The van der Waals surface area contributed by atoms with Crippen LogP contribution in [-0.4, -0.2) is 36.3 Å². The van der Waals surface area contributed by atoms with Crippen LogP contribution in [0.3, 0.4) is 0 Å². The Kier molecular flexibility index (Phi) is 7.39. The Labute approximate surface area is 156 Å². The molecular formula is C17H22N2O4S2. The molecule has 1 atom stereocenters. The maximum absolute atomic E-state index is 12.4. The number of carbonyl (C=O) groups excluding carboxylic acids is 2. The number of unbranched alkanes of at least 4 members (excludes halogenated alkanes) is 1. The number of aryl methyl sites for hydroxylation is 1. The summed E-state index contributed by atoms with van der Waals surface area (Å²) in [6.07, 6.45) is 2.73. The maximum Gasteiger partial charge on any atom is 0.338 e. The molecule has 1 aromatic heterocycles. The first-order valence-corrected chi connectivity index (χ1v) is 9.42. The Morgan fingerprint density at radius 1 is 1.32 bits per heavy atom. The highest BCUT2D eigenvalue weighted by atomic mass is 32.1. The van der Waals surface area contributed by atoms with Crippen molar-refractivity contribution in [2.24, 2.45) is 0 Å². The molecule has 0 amide bonds. The standard InChI is InChI=1S/C17H22N2O4S2/c1-11-15(14(9-23-12(2)20)19-17(24)18-11)16(21)22-7-4-3-5-13-6-8-25-10-13/h6,8,10,14H,3-5,7,9H2,1-2H3,(H2,18,19,24). The Balaban J connectivity index is 1.84. The molecular weight excluding hydrogens is 360 g/mol. The second kappa shape index (κ2) is 9.53. The van der Waals surface area contributed by atoms with E-state index in [0.29, 0.717) is 23.0 Å². The maximum atomic E-state index is 12.4. The minimum absolute atomic E-state index is 0.0249. The topological polar surface area (TPSA) is 76.7 Å². The molecule has 2 rings (SSSR count). The van der Waals surface area contributed by atoms with Crippen molar-refractivity contribution in [1.29, 1.82) is 0 Å². The monoisotopic (exact) mass is 382 g/mol. The first kappa shape index (κ1) is 19.4. The van der Waals surface area contributed by atoms with Crippen LogP contribution in [0.25, 0.3) is 0 Å². The predicted molar refractivity (Wildman–Crippen MR) is 100 cm³/mol. The van der Waals surface area contributed by atoms with E-state index in [4.69, 9.17) is 21.7 Å². The molecule has 8 heteroatoms. The summed E-state index contributed by atoms with van der Waals surface area (Å²) < 4.78 is 10.4. The van der Waals surface area contributed by atoms with E-state index in [2.05, 4.69) is 27.5 Å². The van der Waals surface area contributed by atoms with Crippen molar-refractivity contribution in [2.75, 3.05) is 13.2 Å². The minimum Gasteiger partial charge on any atom is -0.463 e. The van der Waals surface area contributed by atoms with E-state index in [-0.39, 0.29) is 6.61 Å². The number of carbonyl (C=O) groups is 2. The lowest BCUT2D eigenvalue weighted by Crippen LogP contribution is -2.51. The first-order chi connectivity index (χ1) is 12.0. The van der Waals surface area contributed by atoms with E-state index >= 15 is 0 Å².